The summed E-state index contributed by atoms with van der Waals surface area (Å²) < 4.78 is 1.75. The van der Waals surface area contributed by atoms with E-state index in [0.717, 1.165) is 21.1 Å². The third-order valence-electron chi connectivity index (χ3n) is 3.06. The summed E-state index contributed by atoms with van der Waals surface area (Å²) in [5.74, 6) is 0.707. The molecule has 0 aliphatic heterocycles. The number of nitrogens with zero attached hydrogens (tertiary/aromatic N) is 5. The number of aromatic nitrogens is 5. The standard InChI is InChI=1S/C14H10N6S/c15-11-3-1-2-10(8-11)13-19-20-12(17-18-14(20)21-13)9-4-6-16-7-5-9/h1-8H,15H2. The van der Waals surface area contributed by atoms with Crippen molar-refractivity contribution in [3.63, 3.8) is 0 Å². The van der Waals surface area contributed by atoms with Crippen molar-refractivity contribution >= 4 is 22.0 Å². The highest BCUT2D eigenvalue weighted by Gasteiger charge is 2.14. The summed E-state index contributed by atoms with van der Waals surface area (Å²) in [6.45, 7) is 0. The van der Waals surface area contributed by atoms with E-state index < -0.39 is 0 Å². The van der Waals surface area contributed by atoms with Crippen LogP contribution < -0.4 is 5.73 Å². The van der Waals surface area contributed by atoms with E-state index in [1.807, 2.05) is 36.4 Å². The second kappa shape index (κ2) is 4.64. The van der Waals surface area contributed by atoms with Crippen LogP contribution in [0.4, 0.5) is 5.69 Å². The molecule has 102 valence electrons. The first-order chi connectivity index (χ1) is 10.3. The van der Waals surface area contributed by atoms with Gasteiger partial charge in [0.15, 0.2) is 5.82 Å². The van der Waals surface area contributed by atoms with Crippen LogP contribution in [0.5, 0.6) is 0 Å². The molecule has 7 heteroatoms. The predicted molar refractivity (Wildman–Crippen MR) is 81.7 cm³/mol. The summed E-state index contributed by atoms with van der Waals surface area (Å²) in [6, 6.07) is 11.4. The second-order valence-electron chi connectivity index (χ2n) is 4.49. The molecule has 2 N–H and O–H groups in total. The molecule has 0 bridgehead atoms. The van der Waals surface area contributed by atoms with Crippen LogP contribution in [0.15, 0.2) is 48.8 Å². The van der Waals surface area contributed by atoms with E-state index in [1.165, 1.54) is 11.3 Å². The van der Waals surface area contributed by atoms with Gasteiger partial charge in [0.1, 0.15) is 5.01 Å². The molecular formula is C14H10N6S. The highest BCUT2D eigenvalue weighted by Crippen LogP contribution is 2.28. The zero-order valence-corrected chi connectivity index (χ0v) is 11.7. The lowest BCUT2D eigenvalue weighted by Crippen LogP contribution is -1.91. The van der Waals surface area contributed by atoms with Gasteiger partial charge in [-0.25, -0.2) is 0 Å². The molecule has 0 fully saturated rings. The third-order valence-corrected chi connectivity index (χ3v) is 4.01. The quantitative estimate of drug-likeness (QED) is 0.574. The van der Waals surface area contributed by atoms with Gasteiger partial charge in [0, 0.05) is 29.2 Å². The third kappa shape index (κ3) is 2.03. The van der Waals surface area contributed by atoms with E-state index in [4.69, 9.17) is 5.73 Å². The highest BCUT2D eigenvalue weighted by molar-refractivity contribution is 7.19. The number of nitrogens with two attached hydrogens (primary N) is 1. The molecule has 3 heterocycles. The molecular weight excluding hydrogens is 284 g/mol. The molecule has 6 nitrogen and oxygen atoms in total. The maximum absolute atomic E-state index is 5.82. The van der Waals surface area contributed by atoms with Gasteiger partial charge in [0.05, 0.1) is 0 Å². The first-order valence-electron chi connectivity index (χ1n) is 6.30. The molecule has 0 atom stereocenters. The number of anilines is 1. The van der Waals surface area contributed by atoms with Crippen LogP contribution in [0, 0.1) is 0 Å². The molecule has 0 radical (unpaired) electrons. The molecule has 3 aromatic heterocycles. The van der Waals surface area contributed by atoms with Crippen molar-refractivity contribution in [3.8, 4) is 22.0 Å². The number of pyridine rings is 1. The topological polar surface area (TPSA) is 82.0 Å². The van der Waals surface area contributed by atoms with Gasteiger partial charge in [0.25, 0.3) is 0 Å². The van der Waals surface area contributed by atoms with E-state index >= 15 is 0 Å². The molecule has 21 heavy (non-hydrogen) atoms. The van der Waals surface area contributed by atoms with E-state index in [2.05, 4.69) is 20.3 Å². The van der Waals surface area contributed by atoms with Crippen LogP contribution in [0.3, 0.4) is 0 Å². The first-order valence-corrected chi connectivity index (χ1v) is 7.11. The molecule has 0 saturated carbocycles. The minimum Gasteiger partial charge on any atom is -0.399 e. The van der Waals surface area contributed by atoms with Gasteiger partial charge >= 0.3 is 0 Å². The Bertz CT molecular complexity index is 912. The van der Waals surface area contributed by atoms with E-state index in [9.17, 15) is 0 Å². The van der Waals surface area contributed by atoms with Crippen molar-refractivity contribution in [2.45, 2.75) is 0 Å². The summed E-state index contributed by atoms with van der Waals surface area (Å²) >= 11 is 1.48. The molecule has 1 aromatic carbocycles. The fraction of sp³-hybridized carbons (Fsp3) is 0. The van der Waals surface area contributed by atoms with Crippen LogP contribution in [0.1, 0.15) is 0 Å². The molecule has 0 spiro atoms. The van der Waals surface area contributed by atoms with Gasteiger partial charge in [-0.05, 0) is 24.3 Å². The molecule has 4 rings (SSSR count). The van der Waals surface area contributed by atoms with E-state index in [-0.39, 0.29) is 0 Å². The van der Waals surface area contributed by atoms with Crippen LogP contribution in [-0.4, -0.2) is 24.8 Å². The van der Waals surface area contributed by atoms with Crippen LogP contribution in [0.25, 0.3) is 26.9 Å². The molecule has 0 aliphatic carbocycles. The van der Waals surface area contributed by atoms with Gasteiger partial charge in [-0.15, -0.1) is 10.2 Å². The van der Waals surface area contributed by atoms with Gasteiger partial charge in [-0.1, -0.05) is 23.5 Å². The zero-order chi connectivity index (χ0) is 14.2. The SMILES string of the molecule is Nc1cccc(-c2nn3c(-c4ccncc4)nnc3s2)c1. The van der Waals surface area contributed by atoms with Gasteiger partial charge in [-0.3, -0.25) is 4.98 Å². The molecule has 0 saturated heterocycles. The van der Waals surface area contributed by atoms with Gasteiger partial charge in [-0.2, -0.15) is 9.61 Å². The van der Waals surface area contributed by atoms with Crippen molar-refractivity contribution in [1.82, 2.24) is 24.8 Å². The van der Waals surface area contributed by atoms with Gasteiger partial charge in [0.2, 0.25) is 4.96 Å². The molecule has 0 aliphatic rings. The Morgan fingerprint density at radius 3 is 2.67 bits per heavy atom. The van der Waals surface area contributed by atoms with Crippen LogP contribution in [0.2, 0.25) is 0 Å². The number of nitrogen functional groups attached to an aromatic ring is 1. The smallest absolute Gasteiger partial charge is 0.235 e. The Morgan fingerprint density at radius 2 is 1.86 bits per heavy atom. The molecule has 0 unspecified atom stereocenters. The van der Waals surface area contributed by atoms with E-state index in [1.54, 1.807) is 16.9 Å². The Kier molecular flexibility index (Phi) is 2.65. The number of hydrogen-bond donors (Lipinski definition) is 1. The minimum atomic E-state index is 0.707. The molecule has 0 amide bonds. The number of rotatable bonds is 2. The normalized spacial score (nSPS) is 11.0. The number of fused-ring (bicyclic) bond motifs is 1. The Hall–Kier alpha value is -2.80. The Morgan fingerprint density at radius 1 is 1.00 bits per heavy atom. The summed E-state index contributed by atoms with van der Waals surface area (Å²) in [7, 11) is 0. The predicted octanol–water partition coefficient (Wildman–Crippen LogP) is 2.50. The van der Waals surface area contributed by atoms with E-state index in [0.29, 0.717) is 11.5 Å². The van der Waals surface area contributed by atoms with Crippen molar-refractivity contribution < 1.29 is 0 Å². The summed E-state index contributed by atoms with van der Waals surface area (Å²) in [5.41, 5.74) is 8.45. The van der Waals surface area contributed by atoms with Crippen molar-refractivity contribution in [2.75, 3.05) is 5.73 Å². The summed E-state index contributed by atoms with van der Waals surface area (Å²) in [4.78, 5) is 4.76. The fourth-order valence-electron chi connectivity index (χ4n) is 2.09. The average molecular weight is 294 g/mol. The summed E-state index contributed by atoms with van der Waals surface area (Å²) in [5, 5.41) is 13.8. The number of hydrogen-bond acceptors (Lipinski definition) is 6. The lowest BCUT2D eigenvalue weighted by Gasteiger charge is -1.97. The van der Waals surface area contributed by atoms with Crippen molar-refractivity contribution in [1.29, 1.82) is 0 Å². The average Bonchev–Trinajstić information content (AvgIpc) is 3.08. The Balaban J connectivity index is 1.87. The monoisotopic (exact) mass is 294 g/mol. The van der Waals surface area contributed by atoms with Crippen LogP contribution in [-0.2, 0) is 0 Å². The zero-order valence-electron chi connectivity index (χ0n) is 10.8. The largest absolute Gasteiger partial charge is 0.399 e. The maximum Gasteiger partial charge on any atom is 0.235 e. The molecule has 4 aromatic rings. The highest BCUT2D eigenvalue weighted by atomic mass is 32.1. The van der Waals surface area contributed by atoms with Gasteiger partial charge < -0.3 is 5.73 Å². The summed E-state index contributed by atoms with van der Waals surface area (Å²) in [6.07, 6.45) is 3.45. The minimum absolute atomic E-state index is 0.707. The Labute approximate surface area is 123 Å². The van der Waals surface area contributed by atoms with Crippen molar-refractivity contribution in [3.05, 3.63) is 48.8 Å². The first kappa shape index (κ1) is 12.0. The van der Waals surface area contributed by atoms with Crippen molar-refractivity contribution in [2.24, 2.45) is 0 Å². The van der Waals surface area contributed by atoms with Crippen LogP contribution >= 0.6 is 11.3 Å². The second-order valence-corrected chi connectivity index (χ2v) is 5.44. The number of benzene rings is 1. The maximum atomic E-state index is 5.82. The lowest BCUT2D eigenvalue weighted by atomic mass is 10.2. The fourth-order valence-corrected chi connectivity index (χ4v) is 2.92. The lowest BCUT2D eigenvalue weighted by molar-refractivity contribution is 0.970.